The highest BCUT2D eigenvalue weighted by Gasteiger charge is 2.33. The Morgan fingerprint density at radius 1 is 0.943 bits per heavy atom. The van der Waals surface area contributed by atoms with Crippen molar-refractivity contribution in [2.24, 2.45) is 11.3 Å². The van der Waals surface area contributed by atoms with Crippen LogP contribution in [0, 0.1) is 11.3 Å². The molecule has 2 atom stereocenters. The molecule has 1 aliphatic carbocycles. The zero-order chi connectivity index (χ0) is 25.8. The van der Waals surface area contributed by atoms with Crippen LogP contribution in [0.3, 0.4) is 0 Å². The van der Waals surface area contributed by atoms with E-state index in [1.165, 1.54) is 0 Å². The number of aliphatic carboxylic acids is 1. The van der Waals surface area contributed by atoms with Gasteiger partial charge in [-0.05, 0) is 41.0 Å². The number of carbonyl (C=O) groups excluding carboxylic acids is 2. The summed E-state index contributed by atoms with van der Waals surface area (Å²) in [6, 6.07) is 16.1. The van der Waals surface area contributed by atoms with Crippen molar-refractivity contribution in [1.29, 1.82) is 0 Å². The summed E-state index contributed by atoms with van der Waals surface area (Å²) < 4.78 is 5.55. The molecule has 2 aromatic carbocycles. The van der Waals surface area contributed by atoms with Crippen molar-refractivity contribution < 1.29 is 29.3 Å². The Bertz CT molecular complexity index is 1040. The van der Waals surface area contributed by atoms with Gasteiger partial charge in [0.1, 0.15) is 6.61 Å². The zero-order valence-corrected chi connectivity index (χ0v) is 20.6. The molecular formula is C27H34N2O6. The van der Waals surface area contributed by atoms with Gasteiger partial charge in [0.05, 0.1) is 12.5 Å². The summed E-state index contributed by atoms with van der Waals surface area (Å²) in [5.74, 6) is -2.57. The maximum atomic E-state index is 12.7. The second-order valence-corrected chi connectivity index (χ2v) is 10.5. The lowest BCUT2D eigenvalue weighted by Gasteiger charge is -2.27. The number of rotatable bonds is 9. The molecule has 1 aliphatic rings. The van der Waals surface area contributed by atoms with Gasteiger partial charge in [-0.25, -0.2) is 9.59 Å². The molecule has 0 aromatic heterocycles. The van der Waals surface area contributed by atoms with Crippen LogP contribution in [0.4, 0.5) is 4.79 Å². The number of amides is 2. The van der Waals surface area contributed by atoms with E-state index >= 15 is 0 Å². The Balaban J connectivity index is 1.60. The van der Waals surface area contributed by atoms with Gasteiger partial charge in [-0.2, -0.15) is 0 Å². The molecule has 4 N–H and O–H groups in total. The van der Waals surface area contributed by atoms with Crippen molar-refractivity contribution in [3.05, 3.63) is 59.7 Å². The predicted molar refractivity (Wildman–Crippen MR) is 132 cm³/mol. The predicted octanol–water partition coefficient (Wildman–Crippen LogP) is 3.53. The number of benzene rings is 2. The zero-order valence-electron chi connectivity index (χ0n) is 20.6. The van der Waals surface area contributed by atoms with Gasteiger partial charge in [0, 0.05) is 12.5 Å². The fraction of sp³-hybridized carbons (Fsp3) is 0.444. The summed E-state index contributed by atoms with van der Waals surface area (Å²) in [5.41, 5.74) is 2.18. The normalized spacial score (nSPS) is 15.3. The van der Waals surface area contributed by atoms with E-state index < -0.39 is 36.0 Å². The number of carboxylic acid groups (broad SMARTS) is 1. The quantitative estimate of drug-likeness (QED) is 0.433. The van der Waals surface area contributed by atoms with E-state index in [4.69, 9.17) is 9.84 Å². The minimum atomic E-state index is -2.08. The van der Waals surface area contributed by atoms with Gasteiger partial charge in [-0.3, -0.25) is 4.79 Å². The van der Waals surface area contributed by atoms with Gasteiger partial charge in [0.2, 0.25) is 5.91 Å². The highest BCUT2D eigenvalue weighted by atomic mass is 16.5. The first kappa shape index (κ1) is 26.2. The molecule has 0 saturated heterocycles. The lowest BCUT2D eigenvalue weighted by Crippen LogP contribution is -2.49. The van der Waals surface area contributed by atoms with Gasteiger partial charge in [-0.15, -0.1) is 0 Å². The van der Waals surface area contributed by atoms with Crippen molar-refractivity contribution >= 4 is 18.0 Å². The number of alkyl carbamates (subject to hydrolysis) is 1. The van der Waals surface area contributed by atoms with E-state index in [1.54, 1.807) is 0 Å². The molecule has 35 heavy (non-hydrogen) atoms. The summed E-state index contributed by atoms with van der Waals surface area (Å²) in [7, 11) is 0. The summed E-state index contributed by atoms with van der Waals surface area (Å²) in [4.78, 5) is 36.4. The van der Waals surface area contributed by atoms with Crippen LogP contribution in [0.1, 0.15) is 51.2 Å². The minimum absolute atomic E-state index is 0.0228. The van der Waals surface area contributed by atoms with Crippen LogP contribution in [0.25, 0.3) is 11.1 Å². The second-order valence-electron chi connectivity index (χ2n) is 10.5. The van der Waals surface area contributed by atoms with E-state index in [9.17, 15) is 19.5 Å². The Kier molecular flexibility index (Phi) is 7.85. The Morgan fingerprint density at radius 3 is 2.00 bits per heavy atom. The van der Waals surface area contributed by atoms with Crippen LogP contribution < -0.4 is 10.6 Å². The van der Waals surface area contributed by atoms with Crippen molar-refractivity contribution in [2.45, 2.75) is 45.6 Å². The van der Waals surface area contributed by atoms with E-state index in [2.05, 4.69) is 22.8 Å². The number of hydrogen-bond donors (Lipinski definition) is 4. The summed E-state index contributed by atoms with van der Waals surface area (Å²) >= 11 is 0. The van der Waals surface area contributed by atoms with Gasteiger partial charge in [0.15, 0.2) is 5.60 Å². The number of carboxylic acids is 1. The van der Waals surface area contributed by atoms with Gasteiger partial charge in [-0.1, -0.05) is 69.3 Å². The number of aliphatic hydroxyl groups is 1. The van der Waals surface area contributed by atoms with Crippen molar-refractivity contribution in [2.75, 3.05) is 19.7 Å². The Hall–Kier alpha value is -3.39. The number of fused-ring (bicyclic) bond motifs is 3. The van der Waals surface area contributed by atoms with E-state index in [0.717, 1.165) is 29.2 Å². The largest absolute Gasteiger partial charge is 0.479 e. The molecule has 2 aromatic rings. The summed E-state index contributed by atoms with van der Waals surface area (Å²) in [6.07, 6.45) is -0.186. The van der Waals surface area contributed by atoms with Crippen molar-refractivity contribution in [1.82, 2.24) is 10.6 Å². The summed E-state index contributed by atoms with van der Waals surface area (Å²) in [6.45, 7) is 6.76. The third kappa shape index (κ3) is 6.60. The first-order valence-electron chi connectivity index (χ1n) is 11.7. The lowest BCUT2D eigenvalue weighted by molar-refractivity contribution is -0.156. The molecule has 8 nitrogen and oxygen atoms in total. The maximum Gasteiger partial charge on any atom is 0.407 e. The fourth-order valence-corrected chi connectivity index (χ4v) is 4.33. The molecule has 2 unspecified atom stereocenters. The SMILES string of the molecule is CC(C)(C)CC(CNC(=O)OCC1c2ccccc2-c2ccccc21)C(=O)NCC(C)(O)C(=O)O. The molecule has 0 spiro atoms. The first-order valence-corrected chi connectivity index (χ1v) is 11.7. The highest BCUT2D eigenvalue weighted by Crippen LogP contribution is 2.44. The fourth-order valence-electron chi connectivity index (χ4n) is 4.33. The van der Waals surface area contributed by atoms with E-state index in [0.29, 0.717) is 6.42 Å². The summed E-state index contributed by atoms with van der Waals surface area (Å²) in [5, 5.41) is 24.1. The number of hydrogen-bond acceptors (Lipinski definition) is 5. The van der Waals surface area contributed by atoms with Crippen LogP contribution in [0.15, 0.2) is 48.5 Å². The van der Waals surface area contributed by atoms with Crippen LogP contribution in [-0.4, -0.2) is 53.5 Å². The molecule has 0 saturated carbocycles. The topological polar surface area (TPSA) is 125 Å². The second kappa shape index (κ2) is 10.5. The van der Waals surface area contributed by atoms with Crippen LogP contribution in [0.2, 0.25) is 0 Å². The van der Waals surface area contributed by atoms with Gasteiger partial charge < -0.3 is 25.6 Å². The molecule has 8 heteroatoms. The molecule has 0 fully saturated rings. The molecule has 188 valence electrons. The molecule has 0 aliphatic heterocycles. The average molecular weight is 483 g/mol. The van der Waals surface area contributed by atoms with Crippen LogP contribution in [-0.2, 0) is 14.3 Å². The first-order chi connectivity index (χ1) is 16.4. The van der Waals surface area contributed by atoms with Gasteiger partial charge in [0.25, 0.3) is 0 Å². The number of ether oxygens (including phenoxy) is 1. The third-order valence-electron chi connectivity index (χ3n) is 6.13. The Morgan fingerprint density at radius 2 is 1.49 bits per heavy atom. The molecule has 0 bridgehead atoms. The lowest BCUT2D eigenvalue weighted by atomic mass is 9.84. The van der Waals surface area contributed by atoms with E-state index in [1.807, 2.05) is 57.2 Å². The number of carbonyl (C=O) groups is 3. The molecule has 3 rings (SSSR count). The minimum Gasteiger partial charge on any atom is -0.479 e. The van der Waals surface area contributed by atoms with Crippen molar-refractivity contribution in [3.63, 3.8) is 0 Å². The third-order valence-corrected chi connectivity index (χ3v) is 6.13. The molecule has 0 radical (unpaired) electrons. The molecular weight excluding hydrogens is 448 g/mol. The Labute approximate surface area is 205 Å². The standard InChI is InChI=1S/C27H34N2O6/c1-26(2,3)13-17(23(30)29-16-27(4,34)24(31)32)14-28-25(33)35-15-22-20-11-7-5-9-18(20)19-10-6-8-12-21(19)22/h5-12,17,22,34H,13-16H2,1-4H3,(H,28,33)(H,29,30)(H,31,32). The van der Waals surface area contributed by atoms with Crippen LogP contribution >= 0.6 is 0 Å². The van der Waals surface area contributed by atoms with Crippen molar-refractivity contribution in [3.8, 4) is 11.1 Å². The molecule has 2 amide bonds. The van der Waals surface area contributed by atoms with Crippen LogP contribution in [0.5, 0.6) is 0 Å². The highest BCUT2D eigenvalue weighted by molar-refractivity contribution is 5.82. The monoisotopic (exact) mass is 482 g/mol. The molecule has 0 heterocycles. The van der Waals surface area contributed by atoms with Gasteiger partial charge >= 0.3 is 12.1 Å². The maximum absolute atomic E-state index is 12.7. The number of nitrogens with one attached hydrogen (secondary N) is 2. The average Bonchev–Trinajstić information content (AvgIpc) is 3.12. The van der Waals surface area contributed by atoms with E-state index in [-0.39, 0.29) is 24.5 Å². The smallest absolute Gasteiger partial charge is 0.407 e.